The highest BCUT2D eigenvalue weighted by molar-refractivity contribution is 6.05. The van der Waals surface area contributed by atoms with E-state index in [1.807, 2.05) is 0 Å². The lowest BCUT2D eigenvalue weighted by Gasteiger charge is -2.29. The average Bonchev–Trinajstić information content (AvgIpc) is 3.23. The van der Waals surface area contributed by atoms with Gasteiger partial charge in [0.05, 0.1) is 18.6 Å². The summed E-state index contributed by atoms with van der Waals surface area (Å²) in [5.74, 6) is -1.28. The van der Waals surface area contributed by atoms with Crippen molar-refractivity contribution >= 4 is 23.6 Å². The Bertz CT molecular complexity index is 1350. The minimum Gasteiger partial charge on any atom is -0.489 e. The molecule has 2 aromatic rings. The van der Waals surface area contributed by atoms with Gasteiger partial charge in [0.2, 0.25) is 17.7 Å². The van der Waals surface area contributed by atoms with Crippen LogP contribution in [0, 0.1) is 0 Å². The molecule has 2 aromatic carbocycles. The van der Waals surface area contributed by atoms with E-state index in [1.54, 1.807) is 18.2 Å². The third-order valence-electron chi connectivity index (χ3n) is 5.99. The molecule has 4 amide bonds. The first-order valence-electron chi connectivity index (χ1n) is 13.0. The smallest absolute Gasteiger partial charge is 0.255 e. The Labute approximate surface area is 202 Å². The van der Waals surface area contributed by atoms with Crippen molar-refractivity contribution in [3.05, 3.63) is 64.6 Å². The molecule has 34 heavy (non-hydrogen) atoms. The number of fused-ring (bicyclic) bond motifs is 1. The number of carbonyl (C=O) groups is 4. The van der Waals surface area contributed by atoms with Crippen LogP contribution in [-0.2, 0) is 38.8 Å². The Kier molecular flexibility index (Phi) is 4.83. The summed E-state index contributed by atoms with van der Waals surface area (Å²) in [5.41, 5.74) is 1.13. The minimum absolute atomic E-state index is 0.0741. The second-order valence-electron chi connectivity index (χ2n) is 8.21. The van der Waals surface area contributed by atoms with Gasteiger partial charge >= 0.3 is 0 Å². The van der Waals surface area contributed by atoms with Crippen LogP contribution in [-0.4, -0.2) is 59.2 Å². The maximum Gasteiger partial charge on any atom is 0.255 e. The molecule has 2 saturated heterocycles. The van der Waals surface area contributed by atoms with Gasteiger partial charge in [-0.3, -0.25) is 24.5 Å². The van der Waals surface area contributed by atoms with Crippen molar-refractivity contribution < 1.29 is 34.1 Å². The highest BCUT2D eigenvalue weighted by Gasteiger charge is 2.40. The zero-order valence-corrected chi connectivity index (χ0v) is 18.3. The fraction of sp³-hybridized carbons (Fsp3) is 0.360. The molecule has 0 bridgehead atoms. The highest BCUT2D eigenvalue weighted by atomic mass is 16.5. The first-order chi connectivity index (χ1) is 18.2. The Balaban J connectivity index is 1.35. The van der Waals surface area contributed by atoms with E-state index >= 15 is 0 Å². The van der Waals surface area contributed by atoms with Crippen LogP contribution in [0.5, 0.6) is 5.75 Å². The summed E-state index contributed by atoms with van der Waals surface area (Å²) in [6.07, 6.45) is 0.374. The zero-order chi connectivity index (χ0) is 27.1. The number of piperidine rings is 1. The van der Waals surface area contributed by atoms with Crippen LogP contribution in [0.1, 0.15) is 45.4 Å². The molecule has 1 N–H and O–H groups in total. The SMILES string of the molecule is [2H]c1cc(C([2H])N2CCOCC2=O)c([2H])c([2H])c1COc1cccc2c1CN(C1CCC(=O)NC1=O)C2=O. The van der Waals surface area contributed by atoms with E-state index in [0.29, 0.717) is 16.9 Å². The van der Waals surface area contributed by atoms with Crippen molar-refractivity contribution in [2.45, 2.75) is 38.6 Å². The van der Waals surface area contributed by atoms with Gasteiger partial charge in [0.1, 0.15) is 25.0 Å². The van der Waals surface area contributed by atoms with Crippen LogP contribution >= 0.6 is 0 Å². The summed E-state index contributed by atoms with van der Waals surface area (Å²) in [6.45, 7) is -1.05. The predicted octanol–water partition coefficient (Wildman–Crippen LogP) is 1.39. The van der Waals surface area contributed by atoms with E-state index in [1.165, 1.54) is 15.9 Å². The van der Waals surface area contributed by atoms with Crippen LogP contribution in [0.3, 0.4) is 0 Å². The van der Waals surface area contributed by atoms with Gasteiger partial charge in [-0.15, -0.1) is 0 Å². The van der Waals surface area contributed by atoms with Gasteiger partial charge in [-0.25, -0.2) is 0 Å². The van der Waals surface area contributed by atoms with Gasteiger partial charge in [0, 0.05) is 30.6 Å². The van der Waals surface area contributed by atoms with Crippen molar-refractivity contribution in [3.8, 4) is 5.75 Å². The van der Waals surface area contributed by atoms with E-state index in [-0.39, 0.29) is 92.7 Å². The largest absolute Gasteiger partial charge is 0.489 e. The van der Waals surface area contributed by atoms with Gasteiger partial charge in [0.25, 0.3) is 5.91 Å². The molecule has 176 valence electrons. The number of carbonyl (C=O) groups excluding carboxylic acids is 4. The molecule has 2 unspecified atom stereocenters. The molecule has 0 aliphatic carbocycles. The van der Waals surface area contributed by atoms with Gasteiger partial charge in [-0.1, -0.05) is 30.3 Å². The third kappa shape index (κ3) is 4.38. The first-order valence-corrected chi connectivity index (χ1v) is 11.0. The molecular formula is C25H25N3O6. The molecule has 3 aliphatic heterocycles. The summed E-state index contributed by atoms with van der Waals surface area (Å²) in [4.78, 5) is 51.7. The molecule has 0 radical (unpaired) electrons. The maximum absolute atomic E-state index is 13.0. The second-order valence-corrected chi connectivity index (χ2v) is 8.21. The Hall–Kier alpha value is -3.72. The van der Waals surface area contributed by atoms with Crippen LogP contribution in [0.2, 0.25) is 0 Å². The number of hydrogen-bond acceptors (Lipinski definition) is 6. The maximum atomic E-state index is 13.0. The minimum atomic E-state index is -1.23. The Morgan fingerprint density at radius 2 is 2.00 bits per heavy atom. The number of hydrogen-bond donors (Lipinski definition) is 1. The van der Waals surface area contributed by atoms with E-state index in [9.17, 15) is 19.2 Å². The van der Waals surface area contributed by atoms with Gasteiger partial charge < -0.3 is 19.3 Å². The first kappa shape index (κ1) is 17.7. The molecule has 2 fully saturated rings. The van der Waals surface area contributed by atoms with Crippen molar-refractivity contribution in [1.82, 2.24) is 15.1 Å². The van der Waals surface area contributed by atoms with Crippen LogP contribution in [0.15, 0.2) is 42.4 Å². The van der Waals surface area contributed by atoms with E-state index in [4.69, 9.17) is 15.0 Å². The van der Waals surface area contributed by atoms with Crippen molar-refractivity contribution in [3.63, 3.8) is 0 Å². The number of amides is 4. The standard InChI is InChI=1S/C25H25N3O6/c29-22-9-8-20(24(31)26-22)28-13-19-18(25(28)32)2-1-3-21(19)34-14-17-6-4-16(5-7-17)12-27-10-11-33-15-23(27)30/h1-7,20H,8-15H2,(H,26,29,31)/i4D,6D,7D,12D. The molecule has 3 heterocycles. The summed E-state index contributed by atoms with van der Waals surface area (Å²) < 4.78 is 44.8. The summed E-state index contributed by atoms with van der Waals surface area (Å²) in [5, 5.41) is 2.26. The fourth-order valence-electron chi connectivity index (χ4n) is 4.21. The molecule has 0 spiro atoms. The lowest BCUT2D eigenvalue weighted by Crippen LogP contribution is -2.52. The summed E-state index contributed by atoms with van der Waals surface area (Å²) >= 11 is 0. The molecule has 0 aromatic heterocycles. The number of morpholine rings is 1. The molecule has 2 atom stereocenters. The monoisotopic (exact) mass is 467 g/mol. The van der Waals surface area contributed by atoms with Gasteiger partial charge in [-0.2, -0.15) is 0 Å². The Morgan fingerprint density at radius 3 is 2.82 bits per heavy atom. The zero-order valence-electron chi connectivity index (χ0n) is 22.3. The highest BCUT2D eigenvalue weighted by Crippen LogP contribution is 2.34. The normalized spacial score (nSPS) is 23.0. The topological polar surface area (TPSA) is 105 Å². The van der Waals surface area contributed by atoms with E-state index < -0.39 is 18.5 Å². The van der Waals surface area contributed by atoms with Gasteiger partial charge in [0.15, 0.2) is 0 Å². The van der Waals surface area contributed by atoms with Gasteiger partial charge in [-0.05, 0) is 29.7 Å². The number of rotatable bonds is 6. The Morgan fingerprint density at radius 1 is 1.15 bits per heavy atom. The average molecular weight is 468 g/mol. The van der Waals surface area contributed by atoms with Crippen LogP contribution in [0.25, 0.3) is 0 Å². The van der Waals surface area contributed by atoms with Crippen LogP contribution < -0.4 is 10.1 Å². The molecule has 0 saturated carbocycles. The number of imide groups is 1. The number of benzene rings is 2. The fourth-order valence-corrected chi connectivity index (χ4v) is 4.21. The number of nitrogens with one attached hydrogen (secondary N) is 1. The summed E-state index contributed by atoms with van der Waals surface area (Å²) in [7, 11) is 0. The van der Waals surface area contributed by atoms with Crippen LogP contribution in [0.4, 0.5) is 0 Å². The third-order valence-corrected chi connectivity index (χ3v) is 5.99. The van der Waals surface area contributed by atoms with Crippen molar-refractivity contribution in [2.24, 2.45) is 0 Å². The molecule has 9 nitrogen and oxygen atoms in total. The van der Waals surface area contributed by atoms with E-state index in [0.717, 1.165) is 0 Å². The second kappa shape index (κ2) is 9.26. The number of ether oxygens (including phenoxy) is 2. The van der Waals surface area contributed by atoms with Crippen molar-refractivity contribution in [1.29, 1.82) is 0 Å². The molecule has 5 rings (SSSR count). The molecular weight excluding hydrogens is 438 g/mol. The summed E-state index contributed by atoms with van der Waals surface area (Å²) in [6, 6.07) is 4.79. The lowest BCUT2D eigenvalue weighted by molar-refractivity contribution is -0.143. The molecule has 9 heteroatoms. The number of nitrogens with zero attached hydrogens (tertiary/aromatic N) is 2. The predicted molar refractivity (Wildman–Crippen MR) is 119 cm³/mol. The quantitative estimate of drug-likeness (QED) is 0.644. The van der Waals surface area contributed by atoms with E-state index in [2.05, 4.69) is 5.32 Å². The molecule has 3 aliphatic rings. The lowest BCUT2D eigenvalue weighted by atomic mass is 10.0. The van der Waals surface area contributed by atoms with Crippen molar-refractivity contribution in [2.75, 3.05) is 19.8 Å².